The van der Waals surface area contributed by atoms with E-state index in [2.05, 4.69) is 10.3 Å². The Bertz CT molecular complexity index is 2020. The number of rotatable bonds is 16. The summed E-state index contributed by atoms with van der Waals surface area (Å²) in [6.07, 6.45) is -3.90. The second-order valence-electron chi connectivity index (χ2n) is 15.3. The van der Waals surface area contributed by atoms with Crippen molar-refractivity contribution in [3.8, 4) is 11.5 Å². The van der Waals surface area contributed by atoms with Crippen molar-refractivity contribution in [2.75, 3.05) is 26.1 Å². The van der Waals surface area contributed by atoms with Crippen LogP contribution in [-0.4, -0.2) is 80.0 Å². The van der Waals surface area contributed by atoms with Crippen LogP contribution in [0.1, 0.15) is 63.5 Å². The van der Waals surface area contributed by atoms with Gasteiger partial charge in [-0.1, -0.05) is 75.4 Å². The molecule has 0 spiro atoms. The maximum absolute atomic E-state index is 13.7. The summed E-state index contributed by atoms with van der Waals surface area (Å²) in [6.45, 7) is 11.3. The maximum Gasteiger partial charge on any atom is 0.351 e. The maximum atomic E-state index is 13.7. The number of esters is 1. The largest absolute Gasteiger partial charge is 0.497 e. The second-order valence-corrected chi connectivity index (χ2v) is 20.0. The molecule has 15 heteroatoms. The van der Waals surface area contributed by atoms with Gasteiger partial charge in [-0.3, -0.25) is 19.0 Å². The van der Waals surface area contributed by atoms with Gasteiger partial charge in [0.05, 0.1) is 33.7 Å². The van der Waals surface area contributed by atoms with E-state index in [1.807, 2.05) is 113 Å². The lowest BCUT2D eigenvalue weighted by Gasteiger charge is -2.40. The highest BCUT2D eigenvalue weighted by atomic mass is 28.4. The highest BCUT2D eigenvalue weighted by Gasteiger charge is 2.54. The summed E-state index contributed by atoms with van der Waals surface area (Å²) in [5.41, 5.74) is 0.225. The molecule has 1 fully saturated rings. The number of carboxylic acid groups (broad SMARTS) is 1. The number of nitrogens with one attached hydrogen (secondary N) is 1. The summed E-state index contributed by atoms with van der Waals surface area (Å²) >= 11 is 0. The number of methoxy groups -OCH3 is 2. The minimum Gasteiger partial charge on any atom is -0.497 e. The second kappa shape index (κ2) is 17.8. The molecule has 304 valence electrons. The Morgan fingerprint density at radius 1 is 0.842 bits per heavy atom. The van der Waals surface area contributed by atoms with Crippen molar-refractivity contribution in [3.05, 3.63) is 118 Å². The van der Waals surface area contributed by atoms with E-state index < -0.39 is 74.8 Å². The zero-order valence-electron chi connectivity index (χ0n) is 33.5. The fraction of sp³-hybridized carbons (Fsp3) is 0.405. The van der Waals surface area contributed by atoms with Crippen LogP contribution in [0.3, 0.4) is 0 Å². The molecule has 2 N–H and O–H groups in total. The van der Waals surface area contributed by atoms with Crippen LogP contribution >= 0.6 is 0 Å². The molecule has 4 atom stereocenters. The SMILES string of the molecule is COc1ccc(C(OCC2OC(n3ccc(NC(C)=O)nc3=O)C(O[Si](C)(C)C(C)(C)C)C2OC(=O)CCC(=O)O)(c2ccccc2)c2ccc(OC)cc2)cc1. The van der Waals surface area contributed by atoms with Crippen LogP contribution in [0.15, 0.2) is 95.9 Å². The number of anilines is 1. The van der Waals surface area contributed by atoms with Crippen molar-refractivity contribution in [1.29, 1.82) is 0 Å². The van der Waals surface area contributed by atoms with Gasteiger partial charge in [-0.2, -0.15) is 4.98 Å². The quantitative estimate of drug-likeness (QED) is 0.0738. The molecule has 1 aliphatic rings. The van der Waals surface area contributed by atoms with E-state index in [4.69, 9.17) is 28.1 Å². The normalized spacial score (nSPS) is 18.5. The summed E-state index contributed by atoms with van der Waals surface area (Å²) in [6, 6.07) is 26.0. The van der Waals surface area contributed by atoms with Gasteiger partial charge in [0.1, 0.15) is 35.1 Å². The highest BCUT2D eigenvalue weighted by Crippen LogP contribution is 2.45. The van der Waals surface area contributed by atoms with E-state index in [9.17, 15) is 24.3 Å². The third kappa shape index (κ3) is 9.79. The van der Waals surface area contributed by atoms with Crippen molar-refractivity contribution in [1.82, 2.24) is 9.55 Å². The highest BCUT2D eigenvalue weighted by molar-refractivity contribution is 6.74. The molecule has 3 aromatic carbocycles. The third-order valence-corrected chi connectivity index (χ3v) is 14.9. The number of aliphatic carboxylic acids is 1. The number of aromatic nitrogens is 2. The Labute approximate surface area is 333 Å². The van der Waals surface area contributed by atoms with Crippen LogP contribution in [0.25, 0.3) is 0 Å². The van der Waals surface area contributed by atoms with Crippen LogP contribution in [0, 0.1) is 0 Å². The molecular weight excluding hydrogens is 751 g/mol. The topological polar surface area (TPSA) is 174 Å². The molecule has 0 aliphatic carbocycles. The van der Waals surface area contributed by atoms with Crippen molar-refractivity contribution in [3.63, 3.8) is 0 Å². The first kappa shape index (κ1) is 42.8. The molecule has 1 amide bonds. The fourth-order valence-electron chi connectivity index (χ4n) is 6.41. The Hall–Kier alpha value is -5.35. The van der Waals surface area contributed by atoms with Crippen LogP contribution in [0.4, 0.5) is 5.82 Å². The number of benzene rings is 3. The standard InChI is InChI=1S/C42H51N3O11Si/c1-27(46)43-34-24-25-45(40(50)44-34)39-38(56-57(7,8)41(2,3)4)37(55-36(49)23-22-35(47)48)33(54-39)26-53-42(28-12-10-9-11-13-28,29-14-18-31(51-5)19-15-29)30-16-20-32(52-6)21-17-30/h9-21,24-25,33,37-39H,22-23,26H2,1-8H3,(H,47,48)(H,43,44,46,50). The number of hydrogen-bond acceptors (Lipinski definition) is 11. The molecule has 4 aromatic rings. The first-order valence-corrected chi connectivity index (χ1v) is 21.5. The molecule has 0 saturated carbocycles. The average molecular weight is 802 g/mol. The van der Waals surface area contributed by atoms with Crippen molar-refractivity contribution in [2.24, 2.45) is 0 Å². The number of amides is 1. The summed E-state index contributed by atoms with van der Waals surface area (Å²) in [7, 11) is 0.458. The van der Waals surface area contributed by atoms with E-state index in [1.54, 1.807) is 14.2 Å². The molecular formula is C42H51N3O11Si. The van der Waals surface area contributed by atoms with Crippen LogP contribution in [-0.2, 0) is 38.6 Å². The Morgan fingerprint density at radius 2 is 1.40 bits per heavy atom. The molecule has 1 saturated heterocycles. The van der Waals surface area contributed by atoms with Gasteiger partial charge in [0, 0.05) is 13.1 Å². The Morgan fingerprint density at radius 3 is 1.89 bits per heavy atom. The first-order chi connectivity index (χ1) is 27.0. The number of carbonyl (C=O) groups is 3. The summed E-state index contributed by atoms with van der Waals surface area (Å²) in [4.78, 5) is 54.4. The van der Waals surface area contributed by atoms with Gasteiger partial charge in [-0.25, -0.2) is 4.79 Å². The summed E-state index contributed by atoms with van der Waals surface area (Å²) < 4.78 is 39.2. The first-order valence-electron chi connectivity index (χ1n) is 18.6. The number of ether oxygens (including phenoxy) is 5. The van der Waals surface area contributed by atoms with Crippen molar-refractivity contribution < 1.29 is 47.6 Å². The molecule has 2 heterocycles. The van der Waals surface area contributed by atoms with E-state index >= 15 is 0 Å². The zero-order chi connectivity index (χ0) is 41.5. The monoisotopic (exact) mass is 801 g/mol. The predicted molar refractivity (Wildman–Crippen MR) is 214 cm³/mol. The van der Waals surface area contributed by atoms with E-state index in [1.165, 1.54) is 23.8 Å². The van der Waals surface area contributed by atoms with Gasteiger partial charge in [0.25, 0.3) is 0 Å². The van der Waals surface area contributed by atoms with Crippen molar-refractivity contribution in [2.45, 2.75) is 88.8 Å². The molecule has 5 rings (SSSR count). The smallest absolute Gasteiger partial charge is 0.351 e. The van der Waals surface area contributed by atoms with E-state index in [-0.39, 0.29) is 17.5 Å². The summed E-state index contributed by atoms with van der Waals surface area (Å²) in [5, 5.41) is 11.6. The molecule has 0 radical (unpaired) electrons. The lowest BCUT2D eigenvalue weighted by Crippen LogP contribution is -2.51. The minimum absolute atomic E-state index is 0.0479. The molecule has 0 bridgehead atoms. The predicted octanol–water partition coefficient (Wildman–Crippen LogP) is 6.29. The van der Waals surface area contributed by atoms with Crippen LogP contribution in [0.2, 0.25) is 18.1 Å². The minimum atomic E-state index is -2.71. The molecule has 1 aliphatic heterocycles. The van der Waals surface area contributed by atoms with Gasteiger partial charge in [-0.05, 0) is 65.2 Å². The molecule has 14 nitrogen and oxygen atoms in total. The van der Waals surface area contributed by atoms with Gasteiger partial charge >= 0.3 is 17.6 Å². The zero-order valence-corrected chi connectivity index (χ0v) is 34.5. The van der Waals surface area contributed by atoms with E-state index in [0.717, 1.165) is 16.7 Å². The number of carbonyl (C=O) groups excluding carboxylic acids is 2. The van der Waals surface area contributed by atoms with Gasteiger partial charge < -0.3 is 38.5 Å². The van der Waals surface area contributed by atoms with Gasteiger partial charge in [-0.15, -0.1) is 0 Å². The number of nitrogens with zero attached hydrogens (tertiary/aromatic N) is 2. The van der Waals surface area contributed by atoms with Crippen molar-refractivity contribution >= 4 is 32.0 Å². The van der Waals surface area contributed by atoms with Crippen LogP contribution in [0.5, 0.6) is 11.5 Å². The molecule has 4 unspecified atom stereocenters. The Kier molecular flexibility index (Phi) is 13.4. The lowest BCUT2D eigenvalue weighted by molar-refractivity contribution is -0.160. The molecule has 57 heavy (non-hydrogen) atoms. The van der Waals surface area contributed by atoms with Gasteiger partial charge in [0.2, 0.25) is 5.91 Å². The molecule has 1 aromatic heterocycles. The van der Waals surface area contributed by atoms with Gasteiger partial charge in [0.15, 0.2) is 20.6 Å². The summed E-state index contributed by atoms with van der Waals surface area (Å²) in [5.74, 6) is -1.03. The third-order valence-electron chi connectivity index (χ3n) is 10.4. The fourth-order valence-corrected chi connectivity index (χ4v) is 7.69. The van der Waals surface area contributed by atoms with Crippen LogP contribution < -0.4 is 20.5 Å². The lowest BCUT2D eigenvalue weighted by atomic mass is 9.80. The average Bonchev–Trinajstić information content (AvgIpc) is 3.49. The van der Waals surface area contributed by atoms with E-state index in [0.29, 0.717) is 11.5 Å². The Balaban J connectivity index is 1.67. The number of hydrogen-bond donors (Lipinski definition) is 2. The number of carboxylic acids is 1.